The van der Waals surface area contributed by atoms with Crippen molar-refractivity contribution in [1.82, 2.24) is 10.2 Å². The van der Waals surface area contributed by atoms with E-state index in [1.807, 2.05) is 18.7 Å². The summed E-state index contributed by atoms with van der Waals surface area (Å²) in [5.74, 6) is 0.412. The van der Waals surface area contributed by atoms with Crippen LogP contribution in [0.3, 0.4) is 0 Å². The third kappa shape index (κ3) is 1.97. The molecule has 0 aliphatic carbocycles. The summed E-state index contributed by atoms with van der Waals surface area (Å²) < 4.78 is 0. The molecule has 1 heterocycles. The molecule has 1 N–H and O–H groups in total. The van der Waals surface area contributed by atoms with Gasteiger partial charge in [0, 0.05) is 31.6 Å². The van der Waals surface area contributed by atoms with Crippen LogP contribution in [0.25, 0.3) is 0 Å². The van der Waals surface area contributed by atoms with E-state index in [0.717, 1.165) is 19.6 Å². The zero-order valence-corrected chi connectivity index (χ0v) is 8.13. The molecule has 1 fully saturated rings. The monoisotopic (exact) mass is 170 g/mol. The van der Waals surface area contributed by atoms with E-state index in [1.165, 1.54) is 0 Å². The minimum absolute atomic E-state index is 0.130. The average molecular weight is 170 g/mol. The Balaban J connectivity index is 2.53. The van der Waals surface area contributed by atoms with Gasteiger partial charge in [0.15, 0.2) is 0 Å². The van der Waals surface area contributed by atoms with Crippen molar-refractivity contribution < 1.29 is 4.79 Å². The highest BCUT2D eigenvalue weighted by molar-refractivity contribution is 5.78. The lowest BCUT2D eigenvalue weighted by Gasteiger charge is -2.35. The first kappa shape index (κ1) is 9.52. The summed E-state index contributed by atoms with van der Waals surface area (Å²) in [7, 11) is 0. The van der Waals surface area contributed by atoms with Crippen molar-refractivity contribution in [2.45, 2.75) is 26.8 Å². The molecule has 1 aliphatic heterocycles. The van der Waals surface area contributed by atoms with Crippen LogP contribution in [0, 0.1) is 5.92 Å². The number of nitrogens with zero attached hydrogens (tertiary/aromatic N) is 1. The number of hydrogen-bond donors (Lipinski definition) is 1. The first-order valence-electron chi connectivity index (χ1n) is 4.64. The summed E-state index contributed by atoms with van der Waals surface area (Å²) in [6.07, 6.45) is 0. The first-order valence-corrected chi connectivity index (χ1v) is 4.64. The first-order chi connectivity index (χ1) is 5.63. The molecule has 1 saturated heterocycles. The highest BCUT2D eigenvalue weighted by Crippen LogP contribution is 2.07. The maximum absolute atomic E-state index is 11.6. The topological polar surface area (TPSA) is 32.3 Å². The van der Waals surface area contributed by atoms with E-state index in [9.17, 15) is 4.79 Å². The minimum Gasteiger partial charge on any atom is -0.337 e. The summed E-state index contributed by atoms with van der Waals surface area (Å²) in [6.45, 7) is 8.72. The molecule has 0 radical (unpaired) electrons. The van der Waals surface area contributed by atoms with Gasteiger partial charge in [-0.3, -0.25) is 4.79 Å². The molecule has 0 bridgehead atoms. The predicted octanol–water partition coefficient (Wildman–Crippen LogP) is 0.463. The van der Waals surface area contributed by atoms with Gasteiger partial charge in [-0.05, 0) is 6.92 Å². The quantitative estimate of drug-likeness (QED) is 0.620. The van der Waals surface area contributed by atoms with Gasteiger partial charge >= 0.3 is 0 Å². The van der Waals surface area contributed by atoms with E-state index >= 15 is 0 Å². The van der Waals surface area contributed by atoms with Crippen molar-refractivity contribution in [3.05, 3.63) is 0 Å². The van der Waals surface area contributed by atoms with Gasteiger partial charge in [-0.25, -0.2) is 0 Å². The molecular formula is C9H18N2O. The van der Waals surface area contributed by atoms with Crippen LogP contribution >= 0.6 is 0 Å². The van der Waals surface area contributed by atoms with Crippen molar-refractivity contribution in [3.8, 4) is 0 Å². The molecule has 1 unspecified atom stereocenters. The SMILES string of the molecule is CC(C)C(=O)N1CCNCC1C. The highest BCUT2D eigenvalue weighted by Gasteiger charge is 2.24. The van der Waals surface area contributed by atoms with Crippen molar-refractivity contribution in [2.24, 2.45) is 5.92 Å². The molecule has 12 heavy (non-hydrogen) atoms. The lowest BCUT2D eigenvalue weighted by molar-refractivity contribution is -0.137. The Bertz CT molecular complexity index is 168. The zero-order valence-electron chi connectivity index (χ0n) is 8.13. The van der Waals surface area contributed by atoms with Gasteiger partial charge < -0.3 is 10.2 Å². The van der Waals surface area contributed by atoms with E-state index in [2.05, 4.69) is 12.2 Å². The summed E-state index contributed by atoms with van der Waals surface area (Å²) in [5, 5.41) is 3.26. The summed E-state index contributed by atoms with van der Waals surface area (Å²) in [6, 6.07) is 0.355. The normalized spacial score (nSPS) is 24.7. The second-order valence-electron chi connectivity index (χ2n) is 3.74. The van der Waals surface area contributed by atoms with Crippen LogP contribution in [0.5, 0.6) is 0 Å². The van der Waals surface area contributed by atoms with Crippen LogP contribution in [-0.4, -0.2) is 36.5 Å². The van der Waals surface area contributed by atoms with E-state index in [4.69, 9.17) is 0 Å². The van der Waals surface area contributed by atoms with E-state index < -0.39 is 0 Å². The van der Waals surface area contributed by atoms with Crippen LogP contribution < -0.4 is 5.32 Å². The third-order valence-corrected chi connectivity index (χ3v) is 2.28. The van der Waals surface area contributed by atoms with Gasteiger partial charge in [0.05, 0.1) is 0 Å². The molecule has 0 aromatic carbocycles. The Morgan fingerprint density at radius 2 is 2.25 bits per heavy atom. The Morgan fingerprint density at radius 3 is 2.75 bits per heavy atom. The molecule has 1 amide bonds. The molecule has 3 heteroatoms. The molecule has 1 rings (SSSR count). The van der Waals surface area contributed by atoms with E-state index in [-0.39, 0.29) is 11.8 Å². The standard InChI is InChI=1S/C9H18N2O/c1-7(2)9(12)11-5-4-10-6-8(11)3/h7-8,10H,4-6H2,1-3H3. The van der Waals surface area contributed by atoms with Crippen molar-refractivity contribution in [3.63, 3.8) is 0 Å². The van der Waals surface area contributed by atoms with Crippen LogP contribution in [-0.2, 0) is 4.79 Å². The molecular weight excluding hydrogens is 152 g/mol. The fraction of sp³-hybridized carbons (Fsp3) is 0.889. The maximum atomic E-state index is 11.6. The minimum atomic E-state index is 0.130. The van der Waals surface area contributed by atoms with Crippen LogP contribution in [0.15, 0.2) is 0 Å². The maximum Gasteiger partial charge on any atom is 0.225 e. The lowest BCUT2D eigenvalue weighted by atomic mass is 10.1. The highest BCUT2D eigenvalue weighted by atomic mass is 16.2. The lowest BCUT2D eigenvalue weighted by Crippen LogP contribution is -2.53. The smallest absolute Gasteiger partial charge is 0.225 e. The van der Waals surface area contributed by atoms with Gasteiger partial charge in [-0.2, -0.15) is 0 Å². The number of hydrogen-bond acceptors (Lipinski definition) is 2. The predicted molar refractivity (Wildman–Crippen MR) is 48.9 cm³/mol. The number of carbonyl (C=O) groups excluding carboxylic acids is 1. The Labute approximate surface area is 74.1 Å². The van der Waals surface area contributed by atoms with Gasteiger partial charge in [-0.1, -0.05) is 13.8 Å². The number of amides is 1. The molecule has 1 aliphatic rings. The Morgan fingerprint density at radius 1 is 1.58 bits per heavy atom. The summed E-state index contributed by atoms with van der Waals surface area (Å²) in [4.78, 5) is 13.6. The van der Waals surface area contributed by atoms with Gasteiger partial charge in [0.1, 0.15) is 0 Å². The molecule has 3 nitrogen and oxygen atoms in total. The number of piperazine rings is 1. The number of nitrogens with one attached hydrogen (secondary N) is 1. The second kappa shape index (κ2) is 3.90. The third-order valence-electron chi connectivity index (χ3n) is 2.28. The number of carbonyl (C=O) groups is 1. The van der Waals surface area contributed by atoms with Crippen LogP contribution in [0.1, 0.15) is 20.8 Å². The molecule has 1 atom stereocenters. The largest absolute Gasteiger partial charge is 0.337 e. The van der Waals surface area contributed by atoms with Crippen LogP contribution in [0.4, 0.5) is 0 Å². The number of rotatable bonds is 1. The Hall–Kier alpha value is -0.570. The molecule has 0 spiro atoms. The van der Waals surface area contributed by atoms with Crippen molar-refractivity contribution in [1.29, 1.82) is 0 Å². The second-order valence-corrected chi connectivity index (χ2v) is 3.74. The van der Waals surface area contributed by atoms with Gasteiger partial charge in [0.2, 0.25) is 5.91 Å². The fourth-order valence-corrected chi connectivity index (χ4v) is 1.50. The van der Waals surface area contributed by atoms with Crippen molar-refractivity contribution >= 4 is 5.91 Å². The summed E-state index contributed by atoms with van der Waals surface area (Å²) >= 11 is 0. The zero-order chi connectivity index (χ0) is 9.14. The van der Waals surface area contributed by atoms with E-state index in [0.29, 0.717) is 6.04 Å². The molecule has 0 saturated carbocycles. The average Bonchev–Trinajstić information content (AvgIpc) is 2.04. The van der Waals surface area contributed by atoms with Gasteiger partial charge in [0.25, 0.3) is 0 Å². The van der Waals surface area contributed by atoms with E-state index in [1.54, 1.807) is 0 Å². The molecule has 70 valence electrons. The van der Waals surface area contributed by atoms with Crippen molar-refractivity contribution in [2.75, 3.05) is 19.6 Å². The molecule has 0 aromatic heterocycles. The fourth-order valence-electron chi connectivity index (χ4n) is 1.50. The summed E-state index contributed by atoms with van der Waals surface area (Å²) in [5.41, 5.74) is 0. The Kier molecular flexibility index (Phi) is 3.09. The molecule has 0 aromatic rings. The van der Waals surface area contributed by atoms with Crippen LogP contribution in [0.2, 0.25) is 0 Å². The van der Waals surface area contributed by atoms with Gasteiger partial charge in [-0.15, -0.1) is 0 Å².